The van der Waals surface area contributed by atoms with Gasteiger partial charge in [0.15, 0.2) is 6.61 Å². The molecule has 1 atom stereocenters. The number of carbonyl (C=O) groups excluding carboxylic acids is 3. The number of para-hydroxylation sites is 1. The highest BCUT2D eigenvalue weighted by atomic mass is 16.5. The summed E-state index contributed by atoms with van der Waals surface area (Å²) in [7, 11) is 0. The van der Waals surface area contributed by atoms with E-state index in [0.29, 0.717) is 5.69 Å². The Balaban J connectivity index is 1.97. The van der Waals surface area contributed by atoms with Gasteiger partial charge in [0, 0.05) is 18.9 Å². The van der Waals surface area contributed by atoms with E-state index in [1.807, 2.05) is 26.8 Å². The number of hydrogen-bond acceptors (Lipinski definition) is 5. The molecule has 0 saturated carbocycles. The van der Waals surface area contributed by atoms with Crippen molar-refractivity contribution < 1.29 is 19.1 Å². The maximum atomic E-state index is 12.1. The van der Waals surface area contributed by atoms with Crippen LogP contribution < -0.4 is 10.3 Å². The van der Waals surface area contributed by atoms with Gasteiger partial charge < -0.3 is 10.1 Å². The molecule has 1 heterocycles. The lowest BCUT2D eigenvalue weighted by atomic mass is 10.1. The molecule has 0 saturated heterocycles. The molecule has 1 unspecified atom stereocenters. The van der Waals surface area contributed by atoms with E-state index < -0.39 is 5.97 Å². The minimum Gasteiger partial charge on any atom is -0.451 e. The molecule has 0 aromatic heterocycles. The van der Waals surface area contributed by atoms with Crippen LogP contribution in [0.4, 0.5) is 5.69 Å². The van der Waals surface area contributed by atoms with Crippen molar-refractivity contribution in [2.75, 3.05) is 11.6 Å². The van der Waals surface area contributed by atoms with Gasteiger partial charge in [-0.05, 0) is 25.0 Å². The van der Waals surface area contributed by atoms with Crippen LogP contribution in [0.25, 0.3) is 0 Å². The summed E-state index contributed by atoms with van der Waals surface area (Å²) in [4.78, 5) is 35.9. The van der Waals surface area contributed by atoms with Gasteiger partial charge in [-0.3, -0.25) is 9.59 Å². The highest BCUT2D eigenvalue weighted by Gasteiger charge is 2.26. The quantitative estimate of drug-likeness (QED) is 0.797. The molecule has 2 rings (SSSR count). The second kappa shape index (κ2) is 8.41. The number of benzene rings is 1. The van der Waals surface area contributed by atoms with Crippen LogP contribution in [-0.2, 0) is 19.1 Å². The fraction of sp³-hybridized carbons (Fsp3) is 0.444. The van der Waals surface area contributed by atoms with Crippen molar-refractivity contribution in [1.29, 1.82) is 0 Å². The fourth-order valence-corrected chi connectivity index (χ4v) is 2.15. The summed E-state index contributed by atoms with van der Waals surface area (Å²) in [5.74, 6) is -0.943. The summed E-state index contributed by atoms with van der Waals surface area (Å²) in [6, 6.07) is 8.85. The zero-order chi connectivity index (χ0) is 18.4. The number of nitrogens with one attached hydrogen (secondary N) is 1. The molecule has 2 amide bonds. The Morgan fingerprint density at radius 1 is 1.20 bits per heavy atom. The van der Waals surface area contributed by atoms with Crippen LogP contribution in [0.2, 0.25) is 0 Å². The first-order chi connectivity index (χ1) is 11.9. The molecule has 1 aliphatic heterocycles. The molecule has 1 aliphatic rings. The third-order valence-corrected chi connectivity index (χ3v) is 3.99. The van der Waals surface area contributed by atoms with Crippen LogP contribution in [0.5, 0.6) is 0 Å². The van der Waals surface area contributed by atoms with Crippen molar-refractivity contribution >= 4 is 29.2 Å². The summed E-state index contributed by atoms with van der Waals surface area (Å²) >= 11 is 0. The first-order valence-corrected chi connectivity index (χ1v) is 8.30. The van der Waals surface area contributed by atoms with Gasteiger partial charge in [-0.1, -0.05) is 32.0 Å². The van der Waals surface area contributed by atoms with Crippen molar-refractivity contribution in [1.82, 2.24) is 5.32 Å². The highest BCUT2D eigenvalue weighted by Crippen LogP contribution is 2.19. The second-order valence-electron chi connectivity index (χ2n) is 6.26. The highest BCUT2D eigenvalue weighted by molar-refractivity contribution is 6.38. The van der Waals surface area contributed by atoms with E-state index >= 15 is 0 Å². The molecule has 1 aromatic rings. The minimum absolute atomic E-state index is 0.00980. The van der Waals surface area contributed by atoms with Crippen molar-refractivity contribution in [3.05, 3.63) is 30.3 Å². The summed E-state index contributed by atoms with van der Waals surface area (Å²) in [6.07, 6.45) is 0.365. The summed E-state index contributed by atoms with van der Waals surface area (Å²) in [6.45, 7) is 5.50. The number of amides is 2. The topological polar surface area (TPSA) is 88.1 Å². The molecule has 1 N–H and O–H groups in total. The van der Waals surface area contributed by atoms with Crippen LogP contribution in [0.1, 0.15) is 33.6 Å². The summed E-state index contributed by atoms with van der Waals surface area (Å²) in [5.41, 5.74) is 0.717. The van der Waals surface area contributed by atoms with Crippen LogP contribution in [-0.4, -0.2) is 36.1 Å². The second-order valence-corrected chi connectivity index (χ2v) is 6.26. The predicted molar refractivity (Wildman–Crippen MR) is 94.0 cm³/mol. The molecule has 7 heteroatoms. The van der Waals surface area contributed by atoms with Gasteiger partial charge in [-0.25, -0.2) is 9.80 Å². The van der Waals surface area contributed by atoms with Crippen molar-refractivity contribution in [2.24, 2.45) is 11.0 Å². The van der Waals surface area contributed by atoms with Gasteiger partial charge in [-0.15, -0.1) is 0 Å². The van der Waals surface area contributed by atoms with E-state index in [1.54, 1.807) is 24.3 Å². The maximum absolute atomic E-state index is 12.1. The average Bonchev–Trinajstić information content (AvgIpc) is 2.60. The normalized spacial score (nSPS) is 15.6. The van der Waals surface area contributed by atoms with E-state index in [1.165, 1.54) is 5.01 Å². The lowest BCUT2D eigenvalue weighted by molar-refractivity contribution is -0.142. The van der Waals surface area contributed by atoms with Crippen molar-refractivity contribution in [3.63, 3.8) is 0 Å². The number of nitrogens with zero attached hydrogens (tertiary/aromatic N) is 2. The van der Waals surface area contributed by atoms with E-state index in [4.69, 9.17) is 4.74 Å². The zero-order valence-electron chi connectivity index (χ0n) is 14.7. The van der Waals surface area contributed by atoms with E-state index in [9.17, 15) is 14.4 Å². The van der Waals surface area contributed by atoms with Gasteiger partial charge in [-0.2, -0.15) is 5.10 Å². The Morgan fingerprint density at radius 2 is 1.88 bits per heavy atom. The number of rotatable bonds is 6. The molecule has 25 heavy (non-hydrogen) atoms. The number of hydrazone groups is 1. The van der Waals surface area contributed by atoms with E-state index in [2.05, 4.69) is 10.4 Å². The standard InChI is InChI=1S/C18H23N3O4/c1-12(2)13(3)19-16(22)11-25-18(24)15-9-10-17(23)21(20-15)14-7-5-4-6-8-14/h4-8,12-13H,9-11H2,1-3H3,(H,19,22). The third-order valence-electron chi connectivity index (χ3n) is 3.99. The molecular formula is C18H23N3O4. The van der Waals surface area contributed by atoms with Crippen molar-refractivity contribution in [3.8, 4) is 0 Å². The lowest BCUT2D eigenvalue weighted by Gasteiger charge is -2.22. The van der Waals surface area contributed by atoms with Crippen LogP contribution in [0.15, 0.2) is 35.4 Å². The average molecular weight is 345 g/mol. The smallest absolute Gasteiger partial charge is 0.355 e. The molecule has 0 radical (unpaired) electrons. The first-order valence-electron chi connectivity index (χ1n) is 8.30. The summed E-state index contributed by atoms with van der Waals surface area (Å²) in [5, 5.41) is 8.05. The largest absolute Gasteiger partial charge is 0.451 e. The Labute approximate surface area is 147 Å². The Kier molecular flexibility index (Phi) is 6.27. The molecule has 1 aromatic carbocycles. The maximum Gasteiger partial charge on any atom is 0.355 e. The Morgan fingerprint density at radius 3 is 2.52 bits per heavy atom. The molecule has 0 bridgehead atoms. The molecule has 134 valence electrons. The van der Waals surface area contributed by atoms with E-state index in [-0.39, 0.29) is 48.9 Å². The predicted octanol–water partition coefficient (Wildman–Crippen LogP) is 1.87. The van der Waals surface area contributed by atoms with Crippen LogP contribution in [0.3, 0.4) is 0 Å². The molecule has 7 nitrogen and oxygen atoms in total. The molecular weight excluding hydrogens is 322 g/mol. The number of hydrogen-bond donors (Lipinski definition) is 1. The van der Waals surface area contributed by atoms with Gasteiger partial charge in [0.25, 0.3) is 5.91 Å². The number of ether oxygens (including phenoxy) is 1. The monoisotopic (exact) mass is 345 g/mol. The first kappa shape index (κ1) is 18.6. The number of esters is 1. The van der Waals surface area contributed by atoms with Gasteiger partial charge in [0.1, 0.15) is 5.71 Å². The van der Waals surface area contributed by atoms with Gasteiger partial charge >= 0.3 is 5.97 Å². The molecule has 0 spiro atoms. The SMILES string of the molecule is CC(C)C(C)NC(=O)COC(=O)C1=NN(c2ccccc2)C(=O)CC1. The summed E-state index contributed by atoms with van der Waals surface area (Å²) < 4.78 is 5.02. The number of anilines is 1. The Hall–Kier alpha value is -2.70. The minimum atomic E-state index is -0.680. The molecule has 0 fully saturated rings. The van der Waals surface area contributed by atoms with Crippen LogP contribution >= 0.6 is 0 Å². The molecule has 0 aliphatic carbocycles. The van der Waals surface area contributed by atoms with Gasteiger partial charge in [0.2, 0.25) is 5.91 Å². The lowest BCUT2D eigenvalue weighted by Crippen LogP contribution is -2.40. The number of carbonyl (C=O) groups is 3. The Bertz CT molecular complexity index is 670. The zero-order valence-corrected chi connectivity index (χ0v) is 14.7. The fourth-order valence-electron chi connectivity index (χ4n) is 2.15. The van der Waals surface area contributed by atoms with E-state index in [0.717, 1.165) is 0 Å². The van der Waals surface area contributed by atoms with Gasteiger partial charge in [0.05, 0.1) is 5.69 Å². The van der Waals surface area contributed by atoms with Crippen molar-refractivity contribution in [2.45, 2.75) is 39.7 Å². The van der Waals surface area contributed by atoms with Crippen LogP contribution in [0, 0.1) is 5.92 Å². The third kappa shape index (κ3) is 5.14.